The van der Waals surface area contributed by atoms with Gasteiger partial charge in [-0.2, -0.15) is 0 Å². The van der Waals surface area contributed by atoms with Gasteiger partial charge in [-0.3, -0.25) is 4.90 Å². The van der Waals surface area contributed by atoms with E-state index in [0.29, 0.717) is 0 Å². The highest BCUT2D eigenvalue weighted by atomic mass is 16.4. The molecule has 5 aromatic carbocycles. The summed E-state index contributed by atoms with van der Waals surface area (Å²) in [4.78, 5) is 7.85. The van der Waals surface area contributed by atoms with E-state index in [2.05, 4.69) is 230 Å². The van der Waals surface area contributed by atoms with Crippen LogP contribution in [0.25, 0.3) is 11.0 Å². The Labute approximate surface area is 434 Å². The normalized spacial score (nSPS) is 22.9. The molecular weight excluding hydrogens is 874 g/mol. The molecule has 0 radical (unpaired) electrons. The molecule has 11 rings (SSSR count). The van der Waals surface area contributed by atoms with E-state index in [4.69, 9.17) is 11.0 Å². The lowest BCUT2D eigenvalue weighted by molar-refractivity contribution is 0.238. The minimum Gasteiger partial charge on any atom is -0.440 e. The fourth-order valence-electron chi connectivity index (χ4n) is 14.2. The summed E-state index contributed by atoms with van der Waals surface area (Å²) in [6.07, 6.45) is 8.12. The zero-order valence-corrected chi connectivity index (χ0v) is 47.3. The Morgan fingerprint density at radius 3 is 1.88 bits per heavy atom. The molecule has 2 atom stereocenters. The molecule has 1 aromatic heterocycles. The average Bonchev–Trinajstić information content (AvgIpc) is 3.73. The Morgan fingerprint density at radius 1 is 0.653 bits per heavy atom. The van der Waals surface area contributed by atoms with Gasteiger partial charge in [-0.15, -0.1) is 0 Å². The van der Waals surface area contributed by atoms with Crippen molar-refractivity contribution in [3.8, 4) is 0 Å². The Kier molecular flexibility index (Phi) is 10.6. The first-order valence-electron chi connectivity index (χ1n) is 27.5. The van der Waals surface area contributed by atoms with Crippen LogP contribution in [0.4, 0.5) is 40.0 Å². The minimum atomic E-state index is -0.247. The van der Waals surface area contributed by atoms with Gasteiger partial charge in [0.15, 0.2) is 0 Å². The highest BCUT2D eigenvalue weighted by molar-refractivity contribution is 7.01. The number of anilines is 7. The third kappa shape index (κ3) is 6.83. The molecule has 4 aliphatic heterocycles. The van der Waals surface area contributed by atoms with Gasteiger partial charge in [-0.25, -0.2) is 0 Å². The van der Waals surface area contributed by atoms with Crippen LogP contribution in [0.2, 0.25) is 0 Å². The number of fused-ring (bicyclic) bond motifs is 13. The topological polar surface area (TPSA) is 22.9 Å². The SMILES string of the molecule is C=C1/C2=C\[C@H](CC)C(C)(C)c3cc(cc(C(C)(C)C)c3)N3c4cc(ccc4B4c5c3cc(C)cc5N(c3ccc(C(C)(C)C)cc3)c3oc5cc6c(cc5c34)C(C)(C)CCC6(C)C)N2C(C)(C)C1(C)CCC. The zero-order valence-electron chi connectivity index (χ0n) is 47.3. The van der Waals surface area contributed by atoms with Crippen molar-refractivity contribution in [3.63, 3.8) is 0 Å². The van der Waals surface area contributed by atoms with Crippen molar-refractivity contribution < 1.29 is 4.42 Å². The molecule has 1 aliphatic carbocycles. The molecule has 1 fully saturated rings. The zero-order chi connectivity index (χ0) is 51.8. The average molecular weight is 956 g/mol. The highest BCUT2D eigenvalue weighted by Crippen LogP contribution is 2.59. The largest absolute Gasteiger partial charge is 0.440 e. The van der Waals surface area contributed by atoms with Crippen molar-refractivity contribution in [3.05, 3.63) is 142 Å². The maximum absolute atomic E-state index is 7.53. The van der Waals surface area contributed by atoms with E-state index in [9.17, 15) is 0 Å². The lowest BCUT2D eigenvalue weighted by Gasteiger charge is -2.46. The number of rotatable bonds is 4. The second-order valence-electron chi connectivity index (χ2n) is 27.6. The third-order valence-corrected chi connectivity index (χ3v) is 19.4. The van der Waals surface area contributed by atoms with Crippen LogP contribution in [0.5, 0.6) is 0 Å². The van der Waals surface area contributed by atoms with E-state index < -0.39 is 0 Å². The number of hydrogen-bond acceptors (Lipinski definition) is 4. The second kappa shape index (κ2) is 15.6. The number of allylic oxidation sites excluding steroid dienone is 2. The summed E-state index contributed by atoms with van der Waals surface area (Å²) in [6.45, 7) is 48.2. The van der Waals surface area contributed by atoms with Crippen molar-refractivity contribution in [2.75, 3.05) is 14.7 Å². The van der Waals surface area contributed by atoms with E-state index in [-0.39, 0.29) is 50.7 Å². The van der Waals surface area contributed by atoms with Gasteiger partial charge in [0.25, 0.3) is 6.71 Å². The van der Waals surface area contributed by atoms with Gasteiger partial charge in [0.2, 0.25) is 5.88 Å². The monoisotopic (exact) mass is 956 g/mol. The molecule has 4 nitrogen and oxygen atoms in total. The quantitative estimate of drug-likeness (QED) is 0.164. The van der Waals surface area contributed by atoms with Gasteiger partial charge in [-0.1, -0.05) is 147 Å². The summed E-state index contributed by atoms with van der Waals surface area (Å²) in [6, 6.07) is 34.4. The summed E-state index contributed by atoms with van der Waals surface area (Å²) in [7, 11) is 0. The molecule has 4 bridgehead atoms. The standard InChI is InChI=1S/C67H82BN3O/c1-20-28-67(19)41(4)53-36-42(21-2)65(15,16)45-33-44(62(8,9)10)34-48(35-45)69-54-37-47(71(53)66(67,17)18)26-27-52(54)68-58-49-38-50-51(64(13,14)30-29-63(50,11)12)39-57(49)72-60(58)70(56-32-40(3)31-55(69)59(56)68)46-24-22-43(23-25-46)61(5,6)7/h22-27,31-39,42H,4,20-21,28-30H2,1-3,5-19H3/b53-36+/t42-,67?/m0/s1. The van der Waals surface area contributed by atoms with Crippen LogP contribution in [0.3, 0.4) is 0 Å². The minimum absolute atomic E-state index is 0.0234. The maximum atomic E-state index is 7.53. The Morgan fingerprint density at radius 2 is 1.26 bits per heavy atom. The van der Waals surface area contributed by atoms with E-state index in [1.165, 1.54) is 94.9 Å². The van der Waals surface area contributed by atoms with Crippen molar-refractivity contribution in [1.29, 1.82) is 0 Å². The first-order valence-corrected chi connectivity index (χ1v) is 27.5. The molecule has 5 heteroatoms. The second-order valence-corrected chi connectivity index (χ2v) is 27.6. The smallest absolute Gasteiger partial charge is 0.257 e. The van der Waals surface area contributed by atoms with Gasteiger partial charge in [0.05, 0.1) is 0 Å². The summed E-state index contributed by atoms with van der Waals surface area (Å²) in [5, 5.41) is 1.23. The number of furan rings is 1. The fourth-order valence-corrected chi connectivity index (χ4v) is 14.2. The van der Waals surface area contributed by atoms with Crippen LogP contribution >= 0.6 is 0 Å². The summed E-state index contributed by atoms with van der Waals surface area (Å²) in [5.41, 5.74) is 22.2. The van der Waals surface area contributed by atoms with Crippen LogP contribution in [-0.2, 0) is 27.1 Å². The maximum Gasteiger partial charge on any atom is 0.257 e. The Bertz CT molecular complexity index is 3290. The van der Waals surface area contributed by atoms with E-state index in [1.54, 1.807) is 0 Å². The number of aryl methyl sites for hydroxylation is 1. The lowest BCUT2D eigenvalue weighted by Crippen LogP contribution is -2.61. The molecule has 1 saturated heterocycles. The van der Waals surface area contributed by atoms with E-state index >= 15 is 0 Å². The highest BCUT2D eigenvalue weighted by Gasteiger charge is 2.56. The predicted molar refractivity (Wildman–Crippen MR) is 311 cm³/mol. The molecule has 0 spiro atoms. The van der Waals surface area contributed by atoms with Gasteiger partial charge < -0.3 is 14.2 Å². The summed E-state index contributed by atoms with van der Waals surface area (Å²) in [5.74, 6) is 1.19. The van der Waals surface area contributed by atoms with Gasteiger partial charge >= 0.3 is 0 Å². The molecule has 0 amide bonds. The Hall–Kier alpha value is -5.42. The first-order chi connectivity index (χ1) is 33.5. The molecular formula is C67H82BN3O. The fraction of sp³-hybridized carbons (Fsp3) is 0.463. The number of hydrogen-bond donors (Lipinski definition) is 0. The van der Waals surface area contributed by atoms with Crippen LogP contribution in [0.15, 0.2) is 113 Å². The molecule has 0 saturated carbocycles. The summed E-state index contributed by atoms with van der Waals surface area (Å²) < 4.78 is 7.53. The van der Waals surface area contributed by atoms with Crippen molar-refractivity contribution >= 4 is 74.1 Å². The van der Waals surface area contributed by atoms with E-state index in [1.807, 2.05) is 0 Å². The summed E-state index contributed by atoms with van der Waals surface area (Å²) >= 11 is 0. The predicted octanol–water partition coefficient (Wildman–Crippen LogP) is 16.9. The molecule has 6 aromatic rings. The molecule has 72 heavy (non-hydrogen) atoms. The lowest BCUT2D eigenvalue weighted by atomic mass is 9.33. The van der Waals surface area contributed by atoms with Crippen molar-refractivity contribution in [2.24, 2.45) is 11.3 Å². The molecule has 0 N–H and O–H groups in total. The molecule has 374 valence electrons. The van der Waals surface area contributed by atoms with Gasteiger partial charge in [0.1, 0.15) is 5.58 Å². The third-order valence-electron chi connectivity index (χ3n) is 19.4. The van der Waals surface area contributed by atoms with Crippen molar-refractivity contribution in [2.45, 2.75) is 189 Å². The van der Waals surface area contributed by atoms with Gasteiger partial charge in [0, 0.05) is 61.6 Å². The molecule has 1 unspecified atom stereocenters. The van der Waals surface area contributed by atoms with Crippen LogP contribution in [-0.4, -0.2) is 12.3 Å². The number of benzene rings is 5. The van der Waals surface area contributed by atoms with E-state index in [0.717, 1.165) is 49.3 Å². The molecule has 5 aliphatic rings. The van der Waals surface area contributed by atoms with Crippen molar-refractivity contribution in [1.82, 2.24) is 0 Å². The van der Waals surface area contributed by atoms with Crippen LogP contribution in [0, 0.1) is 18.3 Å². The van der Waals surface area contributed by atoms with Crippen LogP contribution < -0.4 is 31.1 Å². The van der Waals surface area contributed by atoms with Gasteiger partial charge in [-0.05, 0) is 190 Å². The molecule has 5 heterocycles. The number of nitrogens with zero attached hydrogens (tertiary/aromatic N) is 3. The first kappa shape index (κ1) is 48.8. The Balaban J connectivity index is 1.29. The van der Waals surface area contributed by atoms with Crippen LogP contribution in [0.1, 0.15) is 183 Å².